The Balaban J connectivity index is 1.91. The van der Waals surface area contributed by atoms with Crippen LogP contribution in [0.15, 0.2) is 53.4 Å². The molecule has 0 heterocycles. The fourth-order valence-electron chi connectivity index (χ4n) is 2.39. The molecule has 25 heavy (non-hydrogen) atoms. The molecule has 0 aliphatic rings. The number of hydrogen-bond acceptors (Lipinski definition) is 3. The number of rotatable bonds is 7. The van der Waals surface area contributed by atoms with Gasteiger partial charge in [0.15, 0.2) is 0 Å². The van der Waals surface area contributed by atoms with Gasteiger partial charge in [0.1, 0.15) is 0 Å². The van der Waals surface area contributed by atoms with Gasteiger partial charge in [0.05, 0.1) is 5.75 Å². The van der Waals surface area contributed by atoms with Crippen molar-refractivity contribution in [2.45, 2.75) is 32.2 Å². The summed E-state index contributed by atoms with van der Waals surface area (Å²) in [6.45, 7) is 6.78. The Morgan fingerprint density at radius 2 is 1.84 bits per heavy atom. The highest BCUT2D eigenvalue weighted by Crippen LogP contribution is 2.19. The molecule has 0 aliphatic heterocycles. The van der Waals surface area contributed by atoms with Gasteiger partial charge in [-0.2, -0.15) is 0 Å². The highest BCUT2D eigenvalue weighted by molar-refractivity contribution is 8.00. The molecule has 0 radical (unpaired) electrons. The predicted octanol–water partition coefficient (Wildman–Crippen LogP) is 4.09. The maximum absolute atomic E-state index is 12.2. The Morgan fingerprint density at radius 1 is 1.12 bits per heavy atom. The second kappa shape index (κ2) is 9.28. The highest BCUT2D eigenvalue weighted by atomic mass is 32.2. The minimum absolute atomic E-state index is 0.0401. The third-order valence-corrected chi connectivity index (χ3v) is 4.81. The Morgan fingerprint density at radius 3 is 2.48 bits per heavy atom. The first-order chi connectivity index (χ1) is 12.0. The molecule has 1 N–H and O–H groups in total. The van der Waals surface area contributed by atoms with Gasteiger partial charge in [-0.05, 0) is 43.7 Å². The summed E-state index contributed by atoms with van der Waals surface area (Å²) in [5.41, 5.74) is 2.96. The van der Waals surface area contributed by atoms with Crippen LogP contribution in [0.25, 0.3) is 0 Å². The topological polar surface area (TPSA) is 49.4 Å². The maximum atomic E-state index is 12.2. The van der Waals surface area contributed by atoms with E-state index in [0.717, 1.165) is 16.1 Å². The van der Waals surface area contributed by atoms with Crippen LogP contribution in [0.3, 0.4) is 0 Å². The van der Waals surface area contributed by atoms with Crippen LogP contribution < -0.4 is 5.32 Å². The number of hydrogen-bond donors (Lipinski definition) is 1. The van der Waals surface area contributed by atoms with Gasteiger partial charge in [-0.25, -0.2) is 0 Å². The zero-order valence-corrected chi connectivity index (χ0v) is 15.7. The van der Waals surface area contributed by atoms with Crippen LogP contribution in [0.5, 0.6) is 0 Å². The lowest BCUT2D eigenvalue weighted by molar-refractivity contribution is -0.129. The molecule has 0 aromatic heterocycles. The van der Waals surface area contributed by atoms with E-state index in [2.05, 4.69) is 5.32 Å². The van der Waals surface area contributed by atoms with E-state index in [1.165, 1.54) is 17.3 Å². The fourth-order valence-corrected chi connectivity index (χ4v) is 3.09. The summed E-state index contributed by atoms with van der Waals surface area (Å²) in [5.74, 6) is 0.370. The number of aryl methyl sites for hydroxylation is 1. The van der Waals surface area contributed by atoms with Crippen LogP contribution in [0, 0.1) is 6.92 Å². The average Bonchev–Trinajstić information content (AvgIpc) is 2.59. The van der Waals surface area contributed by atoms with E-state index in [9.17, 15) is 9.59 Å². The van der Waals surface area contributed by atoms with Crippen LogP contribution in [-0.4, -0.2) is 29.0 Å². The molecule has 5 heteroatoms. The molecule has 0 fully saturated rings. The van der Waals surface area contributed by atoms with Gasteiger partial charge in [-0.1, -0.05) is 29.8 Å². The van der Waals surface area contributed by atoms with Gasteiger partial charge in [-0.3, -0.25) is 9.59 Å². The second-order valence-electron chi connectivity index (χ2n) is 5.88. The fraction of sp³-hybridized carbons (Fsp3) is 0.300. The SMILES string of the molecule is CCN(Cc1cccc(NC(=O)CSc2ccc(C)cc2)c1)C(C)=O. The summed E-state index contributed by atoms with van der Waals surface area (Å²) >= 11 is 1.51. The maximum Gasteiger partial charge on any atom is 0.234 e. The molecule has 4 nitrogen and oxygen atoms in total. The molecule has 0 saturated heterocycles. The first-order valence-corrected chi connectivity index (χ1v) is 9.30. The number of nitrogens with zero attached hydrogens (tertiary/aromatic N) is 1. The third-order valence-electron chi connectivity index (χ3n) is 3.80. The Kier molecular flexibility index (Phi) is 7.07. The molecule has 0 unspecified atom stereocenters. The van der Waals surface area contributed by atoms with Gasteiger partial charge in [-0.15, -0.1) is 11.8 Å². The van der Waals surface area contributed by atoms with Crippen LogP contribution in [0.2, 0.25) is 0 Å². The number of anilines is 1. The summed E-state index contributed by atoms with van der Waals surface area (Å²) < 4.78 is 0. The van der Waals surface area contributed by atoms with E-state index < -0.39 is 0 Å². The van der Waals surface area contributed by atoms with E-state index in [4.69, 9.17) is 0 Å². The molecule has 0 saturated carbocycles. The van der Waals surface area contributed by atoms with Crippen molar-refractivity contribution in [3.05, 3.63) is 59.7 Å². The van der Waals surface area contributed by atoms with Crippen molar-refractivity contribution < 1.29 is 9.59 Å². The summed E-state index contributed by atoms with van der Waals surface area (Å²) in [6.07, 6.45) is 0. The summed E-state index contributed by atoms with van der Waals surface area (Å²) in [6, 6.07) is 15.8. The first kappa shape index (κ1) is 19.1. The quantitative estimate of drug-likeness (QED) is 0.760. The summed E-state index contributed by atoms with van der Waals surface area (Å²) in [7, 11) is 0. The number of carbonyl (C=O) groups is 2. The Labute approximate surface area is 153 Å². The number of benzene rings is 2. The van der Waals surface area contributed by atoms with E-state index in [0.29, 0.717) is 18.8 Å². The van der Waals surface area contributed by atoms with E-state index >= 15 is 0 Å². The lowest BCUT2D eigenvalue weighted by atomic mass is 10.2. The minimum Gasteiger partial charge on any atom is -0.339 e. The molecule has 2 amide bonds. The van der Waals surface area contributed by atoms with Crippen molar-refractivity contribution in [1.82, 2.24) is 4.90 Å². The van der Waals surface area contributed by atoms with Gasteiger partial charge >= 0.3 is 0 Å². The Bertz CT molecular complexity index is 729. The summed E-state index contributed by atoms with van der Waals surface area (Å²) in [5, 5.41) is 2.92. The lowest BCUT2D eigenvalue weighted by Gasteiger charge is -2.19. The largest absolute Gasteiger partial charge is 0.339 e. The van der Waals surface area contributed by atoms with Crippen molar-refractivity contribution in [2.75, 3.05) is 17.6 Å². The van der Waals surface area contributed by atoms with Crippen molar-refractivity contribution in [1.29, 1.82) is 0 Å². The highest BCUT2D eigenvalue weighted by Gasteiger charge is 2.08. The van der Waals surface area contributed by atoms with Crippen LogP contribution >= 0.6 is 11.8 Å². The first-order valence-electron chi connectivity index (χ1n) is 8.31. The van der Waals surface area contributed by atoms with Crippen molar-refractivity contribution in [3.63, 3.8) is 0 Å². The van der Waals surface area contributed by atoms with Crippen LogP contribution in [0.1, 0.15) is 25.0 Å². The number of thioether (sulfide) groups is 1. The van der Waals surface area contributed by atoms with E-state index in [-0.39, 0.29) is 11.8 Å². The number of nitrogens with one attached hydrogen (secondary N) is 1. The standard InChI is InChI=1S/C20H24N2O2S/c1-4-22(16(3)23)13-17-6-5-7-18(12-17)21-20(24)14-25-19-10-8-15(2)9-11-19/h5-12H,4,13-14H2,1-3H3,(H,21,24). The monoisotopic (exact) mass is 356 g/mol. The summed E-state index contributed by atoms with van der Waals surface area (Å²) in [4.78, 5) is 26.5. The molecular formula is C20H24N2O2S. The molecule has 0 atom stereocenters. The molecule has 0 spiro atoms. The van der Waals surface area contributed by atoms with E-state index in [1.807, 2.05) is 62.4 Å². The average molecular weight is 356 g/mol. The molecule has 2 rings (SSSR count). The molecule has 2 aromatic carbocycles. The van der Waals surface area contributed by atoms with Gasteiger partial charge in [0, 0.05) is 30.6 Å². The molecule has 132 valence electrons. The molecule has 0 bridgehead atoms. The molecule has 0 aliphatic carbocycles. The van der Waals surface area contributed by atoms with E-state index in [1.54, 1.807) is 11.8 Å². The van der Waals surface area contributed by atoms with Gasteiger partial charge in [0.25, 0.3) is 0 Å². The number of carbonyl (C=O) groups excluding carboxylic acids is 2. The molecule has 2 aromatic rings. The predicted molar refractivity (Wildman–Crippen MR) is 104 cm³/mol. The minimum atomic E-state index is -0.0401. The zero-order chi connectivity index (χ0) is 18.2. The third kappa shape index (κ3) is 6.27. The van der Waals surface area contributed by atoms with Crippen molar-refractivity contribution in [3.8, 4) is 0 Å². The zero-order valence-electron chi connectivity index (χ0n) is 14.9. The smallest absolute Gasteiger partial charge is 0.234 e. The molecular weight excluding hydrogens is 332 g/mol. The lowest BCUT2D eigenvalue weighted by Crippen LogP contribution is -2.27. The van der Waals surface area contributed by atoms with Gasteiger partial charge < -0.3 is 10.2 Å². The van der Waals surface area contributed by atoms with Gasteiger partial charge in [0.2, 0.25) is 11.8 Å². The second-order valence-corrected chi connectivity index (χ2v) is 6.93. The van der Waals surface area contributed by atoms with Crippen LogP contribution in [0.4, 0.5) is 5.69 Å². The Hall–Kier alpha value is -2.27. The normalized spacial score (nSPS) is 10.4. The van der Waals surface area contributed by atoms with Crippen molar-refractivity contribution >= 4 is 29.3 Å². The van der Waals surface area contributed by atoms with Crippen molar-refractivity contribution in [2.24, 2.45) is 0 Å². The number of amides is 2. The van der Waals surface area contributed by atoms with Crippen LogP contribution in [-0.2, 0) is 16.1 Å².